The Hall–Kier alpha value is -2.22. The van der Waals surface area contributed by atoms with Crippen LogP contribution in [-0.4, -0.2) is 55.2 Å². The molecule has 9 heteroatoms. The van der Waals surface area contributed by atoms with Crippen LogP contribution in [0.3, 0.4) is 0 Å². The van der Waals surface area contributed by atoms with Crippen molar-refractivity contribution in [1.82, 2.24) is 15.2 Å². The first kappa shape index (κ1) is 22.8. The van der Waals surface area contributed by atoms with Crippen LogP contribution in [0.4, 0.5) is 16.2 Å². The molecule has 0 bridgehead atoms. The van der Waals surface area contributed by atoms with E-state index < -0.39 is 0 Å². The SMILES string of the molecule is COc1ccc(NC(=O)N2CCNCC2CNc2cccnc2)cc1.Cl.Cl. The smallest absolute Gasteiger partial charge is 0.322 e. The Kier molecular flexibility index (Phi) is 9.71. The number of halogens is 2. The van der Waals surface area contributed by atoms with Gasteiger partial charge in [-0.15, -0.1) is 24.8 Å². The summed E-state index contributed by atoms with van der Waals surface area (Å²) in [5, 5.41) is 9.63. The molecule has 1 aromatic carbocycles. The van der Waals surface area contributed by atoms with Crippen molar-refractivity contribution in [3.8, 4) is 5.75 Å². The third kappa shape index (κ3) is 6.46. The summed E-state index contributed by atoms with van der Waals surface area (Å²) < 4.78 is 5.14. The lowest BCUT2D eigenvalue weighted by molar-refractivity contribution is 0.175. The van der Waals surface area contributed by atoms with Gasteiger partial charge in [-0.25, -0.2) is 4.79 Å². The number of nitrogens with one attached hydrogen (secondary N) is 3. The lowest BCUT2D eigenvalue weighted by Gasteiger charge is -2.36. The highest BCUT2D eigenvalue weighted by atomic mass is 35.5. The zero-order chi connectivity index (χ0) is 17.5. The number of carbonyl (C=O) groups excluding carboxylic acids is 1. The number of rotatable bonds is 5. The van der Waals surface area contributed by atoms with E-state index in [1.807, 2.05) is 41.3 Å². The number of ether oxygens (including phenoxy) is 1. The van der Waals surface area contributed by atoms with E-state index in [0.29, 0.717) is 13.1 Å². The van der Waals surface area contributed by atoms with Gasteiger partial charge >= 0.3 is 6.03 Å². The van der Waals surface area contributed by atoms with Crippen LogP contribution in [0.5, 0.6) is 5.75 Å². The summed E-state index contributed by atoms with van der Waals surface area (Å²) in [4.78, 5) is 18.6. The van der Waals surface area contributed by atoms with Gasteiger partial charge in [0.15, 0.2) is 0 Å². The average Bonchev–Trinajstić information content (AvgIpc) is 2.68. The van der Waals surface area contributed by atoms with E-state index in [1.165, 1.54) is 0 Å². The molecule has 7 nitrogen and oxygen atoms in total. The van der Waals surface area contributed by atoms with Crippen molar-refractivity contribution in [1.29, 1.82) is 0 Å². The number of hydrogen-bond donors (Lipinski definition) is 3. The normalized spacial score (nSPS) is 15.7. The second-order valence-corrected chi connectivity index (χ2v) is 5.83. The molecule has 1 aliphatic heterocycles. The standard InChI is InChI=1S/C18H23N5O2.2ClH/c1-25-17-6-4-14(5-7-17)22-18(24)23-10-9-20-12-16(23)13-21-15-3-2-8-19-11-15;;/h2-8,11,16,20-21H,9-10,12-13H2,1H3,(H,22,24);2*1H. The Labute approximate surface area is 171 Å². The van der Waals surface area contributed by atoms with Crippen molar-refractivity contribution in [2.45, 2.75) is 6.04 Å². The topological polar surface area (TPSA) is 78.5 Å². The number of amides is 2. The van der Waals surface area contributed by atoms with Crippen molar-refractivity contribution in [2.24, 2.45) is 0 Å². The average molecular weight is 414 g/mol. The first-order chi connectivity index (χ1) is 12.3. The van der Waals surface area contributed by atoms with Crippen LogP contribution in [0.25, 0.3) is 0 Å². The minimum absolute atomic E-state index is 0. The monoisotopic (exact) mass is 413 g/mol. The molecule has 1 fully saturated rings. The number of aromatic nitrogens is 1. The van der Waals surface area contributed by atoms with E-state index in [2.05, 4.69) is 20.9 Å². The molecule has 3 N–H and O–H groups in total. The van der Waals surface area contributed by atoms with Gasteiger partial charge in [0.2, 0.25) is 0 Å². The molecule has 1 aliphatic rings. The number of piperazine rings is 1. The lowest BCUT2D eigenvalue weighted by atomic mass is 10.2. The van der Waals surface area contributed by atoms with E-state index in [1.54, 1.807) is 19.5 Å². The second kappa shape index (κ2) is 11.5. The van der Waals surface area contributed by atoms with Gasteiger partial charge in [0, 0.05) is 44.3 Å². The number of pyridine rings is 1. The summed E-state index contributed by atoms with van der Waals surface area (Å²) in [6.07, 6.45) is 3.51. The van der Waals surface area contributed by atoms with Gasteiger partial charge in [-0.2, -0.15) is 0 Å². The van der Waals surface area contributed by atoms with Crippen LogP contribution in [0.2, 0.25) is 0 Å². The maximum Gasteiger partial charge on any atom is 0.322 e. The number of benzene rings is 1. The quantitative estimate of drug-likeness (QED) is 0.702. The molecule has 2 aromatic rings. The number of urea groups is 1. The van der Waals surface area contributed by atoms with E-state index in [9.17, 15) is 4.79 Å². The minimum Gasteiger partial charge on any atom is -0.497 e. The van der Waals surface area contributed by atoms with Gasteiger partial charge in [-0.1, -0.05) is 0 Å². The third-order valence-corrected chi connectivity index (χ3v) is 4.16. The molecule has 1 saturated heterocycles. The lowest BCUT2D eigenvalue weighted by Crippen LogP contribution is -2.57. The van der Waals surface area contributed by atoms with Crippen LogP contribution in [0.15, 0.2) is 48.8 Å². The highest BCUT2D eigenvalue weighted by Gasteiger charge is 2.26. The molecule has 3 rings (SSSR count). The predicted octanol–water partition coefficient (Wildman–Crippen LogP) is 2.85. The van der Waals surface area contributed by atoms with Gasteiger partial charge in [0.05, 0.1) is 18.8 Å². The minimum atomic E-state index is -0.0929. The fraction of sp³-hybridized carbons (Fsp3) is 0.333. The van der Waals surface area contributed by atoms with Crippen LogP contribution in [-0.2, 0) is 0 Å². The molecule has 27 heavy (non-hydrogen) atoms. The third-order valence-electron chi connectivity index (χ3n) is 4.16. The van der Waals surface area contributed by atoms with Gasteiger partial charge in [-0.3, -0.25) is 4.98 Å². The summed E-state index contributed by atoms with van der Waals surface area (Å²) in [7, 11) is 1.62. The fourth-order valence-corrected chi connectivity index (χ4v) is 2.78. The molecule has 0 saturated carbocycles. The van der Waals surface area contributed by atoms with E-state index >= 15 is 0 Å². The molecule has 1 unspecified atom stereocenters. The van der Waals surface area contributed by atoms with Gasteiger partial charge in [0.25, 0.3) is 0 Å². The summed E-state index contributed by atoms with van der Waals surface area (Å²) in [6, 6.07) is 11.1. The fourth-order valence-electron chi connectivity index (χ4n) is 2.78. The molecule has 148 valence electrons. The van der Waals surface area contributed by atoms with Crippen molar-refractivity contribution >= 4 is 42.2 Å². The molecular formula is C18H25Cl2N5O2. The molecule has 0 radical (unpaired) electrons. The Bertz CT molecular complexity index is 688. The van der Waals surface area contributed by atoms with Crippen molar-refractivity contribution in [3.05, 3.63) is 48.8 Å². The maximum absolute atomic E-state index is 12.7. The molecular weight excluding hydrogens is 389 g/mol. The highest BCUT2D eigenvalue weighted by Crippen LogP contribution is 2.16. The first-order valence-electron chi connectivity index (χ1n) is 8.32. The summed E-state index contributed by atoms with van der Waals surface area (Å²) in [5.74, 6) is 0.763. The summed E-state index contributed by atoms with van der Waals surface area (Å²) >= 11 is 0. The molecule has 0 spiro atoms. The Morgan fingerprint density at radius 2 is 2.04 bits per heavy atom. The highest BCUT2D eigenvalue weighted by molar-refractivity contribution is 5.89. The van der Waals surface area contributed by atoms with Crippen LogP contribution < -0.4 is 20.7 Å². The molecule has 1 aromatic heterocycles. The molecule has 2 amide bonds. The number of hydrogen-bond acceptors (Lipinski definition) is 5. The predicted molar refractivity (Wildman–Crippen MR) is 113 cm³/mol. The number of nitrogens with zero attached hydrogens (tertiary/aromatic N) is 2. The summed E-state index contributed by atoms with van der Waals surface area (Å²) in [5.41, 5.74) is 1.70. The van der Waals surface area contributed by atoms with Crippen molar-refractivity contribution in [2.75, 3.05) is 43.9 Å². The summed E-state index contributed by atoms with van der Waals surface area (Å²) in [6.45, 7) is 2.87. The van der Waals surface area contributed by atoms with Crippen LogP contribution in [0.1, 0.15) is 0 Å². The van der Waals surface area contributed by atoms with Gasteiger partial charge in [-0.05, 0) is 36.4 Å². The first-order valence-corrected chi connectivity index (χ1v) is 8.32. The van der Waals surface area contributed by atoms with E-state index in [0.717, 1.165) is 30.2 Å². The molecule has 1 atom stereocenters. The zero-order valence-electron chi connectivity index (χ0n) is 15.1. The Morgan fingerprint density at radius 1 is 1.26 bits per heavy atom. The number of anilines is 2. The maximum atomic E-state index is 12.7. The van der Waals surface area contributed by atoms with Gasteiger partial charge in [0.1, 0.15) is 5.75 Å². The Morgan fingerprint density at radius 3 is 2.70 bits per heavy atom. The zero-order valence-corrected chi connectivity index (χ0v) is 16.7. The number of methoxy groups -OCH3 is 1. The van der Waals surface area contributed by atoms with Crippen molar-refractivity contribution in [3.63, 3.8) is 0 Å². The van der Waals surface area contributed by atoms with Gasteiger partial charge < -0.3 is 25.6 Å². The van der Waals surface area contributed by atoms with Crippen LogP contribution in [0, 0.1) is 0 Å². The van der Waals surface area contributed by atoms with E-state index in [-0.39, 0.29) is 36.9 Å². The van der Waals surface area contributed by atoms with E-state index in [4.69, 9.17) is 4.74 Å². The van der Waals surface area contributed by atoms with Crippen LogP contribution >= 0.6 is 24.8 Å². The Balaban J connectivity index is 0.00000182. The molecule has 2 heterocycles. The van der Waals surface area contributed by atoms with Crippen molar-refractivity contribution < 1.29 is 9.53 Å². The number of carbonyl (C=O) groups is 1. The second-order valence-electron chi connectivity index (χ2n) is 5.83. The largest absolute Gasteiger partial charge is 0.497 e. The molecule has 0 aliphatic carbocycles.